The summed E-state index contributed by atoms with van der Waals surface area (Å²) in [6.07, 6.45) is 7.43. The van der Waals surface area contributed by atoms with Gasteiger partial charge in [0.15, 0.2) is 0 Å². The molecule has 3 rings (SSSR count). The topological polar surface area (TPSA) is 49.8 Å². The van der Waals surface area contributed by atoms with Crippen molar-refractivity contribution in [2.75, 3.05) is 18.4 Å². The molecule has 1 aromatic heterocycles. The number of nitrogens with one attached hydrogen (secondary N) is 2. The Balaban J connectivity index is 1.57. The third-order valence-electron chi connectivity index (χ3n) is 3.76. The summed E-state index contributed by atoms with van der Waals surface area (Å²) in [7, 11) is 0. The lowest BCUT2D eigenvalue weighted by Gasteiger charge is -2.23. The van der Waals surface area contributed by atoms with Crippen LogP contribution in [0, 0.1) is 0 Å². The van der Waals surface area contributed by atoms with Crippen LogP contribution in [0.5, 0.6) is 0 Å². The van der Waals surface area contributed by atoms with Crippen LogP contribution in [0.25, 0.3) is 0 Å². The van der Waals surface area contributed by atoms with Crippen molar-refractivity contribution in [2.45, 2.75) is 44.6 Å². The van der Waals surface area contributed by atoms with Gasteiger partial charge in [-0.15, -0.1) is 5.10 Å². The zero-order chi connectivity index (χ0) is 11.5. The fourth-order valence-electron chi connectivity index (χ4n) is 2.74. The van der Waals surface area contributed by atoms with Crippen molar-refractivity contribution >= 4 is 5.82 Å². The van der Waals surface area contributed by atoms with Gasteiger partial charge in [-0.1, -0.05) is 6.42 Å². The predicted octanol–water partition coefficient (Wildman–Crippen LogP) is 1.52. The lowest BCUT2D eigenvalue weighted by atomic mass is 10.1. The molecule has 1 atom stereocenters. The van der Waals surface area contributed by atoms with Gasteiger partial charge in [0.25, 0.3) is 0 Å². The van der Waals surface area contributed by atoms with E-state index in [9.17, 15) is 0 Å². The summed E-state index contributed by atoms with van der Waals surface area (Å²) in [5, 5.41) is 15.5. The first-order valence-corrected chi connectivity index (χ1v) is 6.74. The molecule has 0 bridgehead atoms. The highest BCUT2D eigenvalue weighted by Crippen LogP contribution is 2.20. The summed E-state index contributed by atoms with van der Waals surface area (Å²) >= 11 is 0. The Kier molecular flexibility index (Phi) is 3.22. The van der Waals surface area contributed by atoms with Crippen LogP contribution in [0.1, 0.15) is 36.9 Å². The van der Waals surface area contributed by atoms with Crippen LogP contribution in [0.3, 0.4) is 0 Å². The Morgan fingerprint density at radius 2 is 2.24 bits per heavy atom. The van der Waals surface area contributed by atoms with Crippen molar-refractivity contribution in [2.24, 2.45) is 0 Å². The third-order valence-corrected chi connectivity index (χ3v) is 3.76. The lowest BCUT2D eigenvalue weighted by molar-refractivity contribution is 0.414. The van der Waals surface area contributed by atoms with Gasteiger partial charge in [-0.2, -0.15) is 5.10 Å². The zero-order valence-corrected chi connectivity index (χ0v) is 10.2. The molecular formula is C13H20N4. The standard InChI is InChI=1S/C13H20N4/c1-2-7-14-11(5-1)9-15-13-8-10-4-3-6-12(10)16-17-13/h8,11,14H,1-7,9H2,(H,15,17). The molecular weight excluding hydrogens is 212 g/mol. The van der Waals surface area contributed by atoms with Crippen molar-refractivity contribution in [3.05, 3.63) is 17.3 Å². The van der Waals surface area contributed by atoms with Crippen LogP contribution < -0.4 is 10.6 Å². The quantitative estimate of drug-likeness (QED) is 0.829. The molecule has 1 aliphatic heterocycles. The van der Waals surface area contributed by atoms with Crippen molar-refractivity contribution < 1.29 is 0 Å². The highest BCUT2D eigenvalue weighted by molar-refractivity contribution is 5.39. The molecule has 0 aromatic carbocycles. The number of fused-ring (bicyclic) bond motifs is 1. The van der Waals surface area contributed by atoms with Gasteiger partial charge in [-0.25, -0.2) is 0 Å². The maximum atomic E-state index is 4.29. The number of piperidine rings is 1. The molecule has 0 spiro atoms. The van der Waals surface area contributed by atoms with Crippen LogP contribution in [-0.4, -0.2) is 29.3 Å². The maximum Gasteiger partial charge on any atom is 0.148 e. The molecule has 1 fully saturated rings. The van der Waals surface area contributed by atoms with Gasteiger partial charge < -0.3 is 10.6 Å². The molecule has 4 nitrogen and oxygen atoms in total. The average Bonchev–Trinajstić information content (AvgIpc) is 2.85. The second-order valence-electron chi connectivity index (χ2n) is 5.08. The molecule has 4 heteroatoms. The second kappa shape index (κ2) is 5.00. The molecule has 92 valence electrons. The minimum absolute atomic E-state index is 0.596. The maximum absolute atomic E-state index is 4.29. The molecule has 17 heavy (non-hydrogen) atoms. The van der Waals surface area contributed by atoms with Gasteiger partial charge in [-0.05, 0) is 50.3 Å². The van der Waals surface area contributed by atoms with E-state index in [1.165, 1.54) is 43.4 Å². The van der Waals surface area contributed by atoms with Crippen molar-refractivity contribution in [1.29, 1.82) is 0 Å². The fraction of sp³-hybridized carbons (Fsp3) is 0.692. The van der Waals surface area contributed by atoms with Gasteiger partial charge in [-0.3, -0.25) is 0 Å². The zero-order valence-electron chi connectivity index (χ0n) is 10.2. The van der Waals surface area contributed by atoms with Crippen LogP contribution in [-0.2, 0) is 12.8 Å². The Morgan fingerprint density at radius 1 is 1.24 bits per heavy atom. The minimum Gasteiger partial charge on any atom is -0.367 e. The first-order chi connectivity index (χ1) is 8.42. The Morgan fingerprint density at radius 3 is 3.12 bits per heavy atom. The van der Waals surface area contributed by atoms with Crippen LogP contribution in [0.4, 0.5) is 5.82 Å². The average molecular weight is 232 g/mol. The molecule has 1 saturated heterocycles. The Bertz CT molecular complexity index is 385. The number of hydrogen-bond acceptors (Lipinski definition) is 4. The van der Waals surface area contributed by atoms with Crippen LogP contribution >= 0.6 is 0 Å². The SMILES string of the molecule is c1c(NCC2CCCCN2)nnc2c1CCC2. The number of hydrogen-bond donors (Lipinski definition) is 2. The number of aromatic nitrogens is 2. The monoisotopic (exact) mass is 232 g/mol. The summed E-state index contributed by atoms with van der Waals surface area (Å²) in [5.41, 5.74) is 2.59. The van der Waals surface area contributed by atoms with Crippen molar-refractivity contribution in [3.8, 4) is 0 Å². The normalized spacial score (nSPS) is 23.4. The Hall–Kier alpha value is -1.16. The highest BCUT2D eigenvalue weighted by Gasteiger charge is 2.15. The summed E-state index contributed by atoms with van der Waals surface area (Å²) in [5.74, 6) is 0.943. The highest BCUT2D eigenvalue weighted by atomic mass is 15.2. The van der Waals surface area contributed by atoms with E-state index < -0.39 is 0 Å². The van der Waals surface area contributed by atoms with Gasteiger partial charge in [0, 0.05) is 12.6 Å². The first-order valence-electron chi connectivity index (χ1n) is 6.74. The molecule has 2 aliphatic rings. The minimum atomic E-state index is 0.596. The number of nitrogens with zero attached hydrogens (tertiary/aromatic N) is 2. The van der Waals surface area contributed by atoms with Crippen molar-refractivity contribution in [3.63, 3.8) is 0 Å². The molecule has 2 N–H and O–H groups in total. The van der Waals surface area contributed by atoms with E-state index in [1.54, 1.807) is 0 Å². The van der Waals surface area contributed by atoms with E-state index in [0.29, 0.717) is 6.04 Å². The van der Waals surface area contributed by atoms with Gasteiger partial charge in [0.1, 0.15) is 5.82 Å². The van der Waals surface area contributed by atoms with Gasteiger partial charge >= 0.3 is 0 Å². The van der Waals surface area contributed by atoms with Gasteiger partial charge in [0.2, 0.25) is 0 Å². The summed E-state index contributed by atoms with van der Waals surface area (Å²) in [4.78, 5) is 0. The number of aryl methyl sites for hydroxylation is 2. The molecule has 1 aliphatic carbocycles. The van der Waals surface area contributed by atoms with E-state index in [2.05, 4.69) is 26.9 Å². The van der Waals surface area contributed by atoms with Crippen LogP contribution in [0.15, 0.2) is 6.07 Å². The summed E-state index contributed by atoms with van der Waals surface area (Å²) in [6.45, 7) is 2.12. The Labute approximate surface area is 102 Å². The van der Waals surface area contributed by atoms with E-state index in [0.717, 1.165) is 25.3 Å². The van der Waals surface area contributed by atoms with Crippen LogP contribution in [0.2, 0.25) is 0 Å². The van der Waals surface area contributed by atoms with E-state index in [4.69, 9.17) is 0 Å². The summed E-state index contributed by atoms with van der Waals surface area (Å²) < 4.78 is 0. The molecule has 2 heterocycles. The molecule has 1 unspecified atom stereocenters. The number of anilines is 1. The molecule has 0 saturated carbocycles. The predicted molar refractivity (Wildman–Crippen MR) is 68.2 cm³/mol. The van der Waals surface area contributed by atoms with E-state index in [-0.39, 0.29) is 0 Å². The largest absolute Gasteiger partial charge is 0.367 e. The summed E-state index contributed by atoms with van der Waals surface area (Å²) in [6, 6.07) is 2.77. The molecule has 1 aromatic rings. The number of rotatable bonds is 3. The molecule has 0 radical (unpaired) electrons. The third kappa shape index (κ3) is 2.57. The lowest BCUT2D eigenvalue weighted by Crippen LogP contribution is -2.39. The van der Waals surface area contributed by atoms with E-state index >= 15 is 0 Å². The van der Waals surface area contributed by atoms with Crippen molar-refractivity contribution in [1.82, 2.24) is 15.5 Å². The smallest absolute Gasteiger partial charge is 0.148 e. The van der Waals surface area contributed by atoms with E-state index in [1.807, 2.05) is 0 Å². The fourth-order valence-corrected chi connectivity index (χ4v) is 2.74. The second-order valence-corrected chi connectivity index (χ2v) is 5.08. The molecule has 0 amide bonds. The first kappa shape index (κ1) is 11.0. The van der Waals surface area contributed by atoms with Gasteiger partial charge in [0.05, 0.1) is 5.69 Å².